The summed E-state index contributed by atoms with van der Waals surface area (Å²) in [6, 6.07) is 7.32. The Balaban J connectivity index is 2.22. The number of halogens is 2. The summed E-state index contributed by atoms with van der Waals surface area (Å²) in [5.74, 6) is 0.404. The van der Waals surface area contributed by atoms with Gasteiger partial charge in [0.2, 0.25) is 0 Å². The van der Waals surface area contributed by atoms with Crippen molar-refractivity contribution in [1.29, 1.82) is 0 Å². The summed E-state index contributed by atoms with van der Waals surface area (Å²) in [4.78, 5) is 29.5. The van der Waals surface area contributed by atoms with Crippen molar-refractivity contribution >= 4 is 46.1 Å². The Morgan fingerprint density at radius 1 is 1.22 bits per heavy atom. The fourth-order valence-corrected chi connectivity index (χ4v) is 4.05. The summed E-state index contributed by atoms with van der Waals surface area (Å²) in [5, 5.41) is 10.9. The van der Waals surface area contributed by atoms with Crippen LogP contribution in [0.2, 0.25) is 5.02 Å². The fourth-order valence-electron chi connectivity index (χ4n) is 2.70. The second-order valence-electron chi connectivity index (χ2n) is 6.07. The van der Waals surface area contributed by atoms with Gasteiger partial charge in [-0.05, 0) is 11.6 Å². The van der Waals surface area contributed by atoms with Crippen molar-refractivity contribution in [2.24, 2.45) is 14.1 Å². The number of aliphatic hydroxyl groups excluding tert-OH is 1. The molecule has 0 aliphatic heterocycles. The highest BCUT2D eigenvalue weighted by Gasteiger charge is 2.20. The second kappa shape index (κ2) is 8.10. The Bertz CT molecular complexity index is 1110. The maximum Gasteiger partial charge on any atom is 0.332 e. The number of aryl methyl sites for hydroxylation is 1. The molecule has 1 N–H and O–H groups in total. The molecule has 0 radical (unpaired) electrons. The molecule has 0 spiro atoms. The smallest absolute Gasteiger partial charge is 0.332 e. The number of imidazole rings is 1. The molecule has 0 saturated carbocycles. The van der Waals surface area contributed by atoms with E-state index in [-0.39, 0.29) is 11.5 Å². The number of fused-ring (bicyclic) bond motifs is 1. The van der Waals surface area contributed by atoms with E-state index in [1.54, 1.807) is 17.7 Å². The van der Waals surface area contributed by atoms with Crippen LogP contribution in [-0.4, -0.2) is 41.5 Å². The summed E-state index contributed by atoms with van der Waals surface area (Å²) in [6.45, 7) is 0.308. The van der Waals surface area contributed by atoms with Crippen molar-refractivity contribution < 1.29 is 5.11 Å². The van der Waals surface area contributed by atoms with E-state index >= 15 is 0 Å². The van der Waals surface area contributed by atoms with Crippen LogP contribution in [0, 0.1) is 0 Å². The minimum Gasteiger partial charge on any atom is -0.391 e. The first-order chi connectivity index (χ1) is 12.8. The fraction of sp³-hybridized carbons (Fsp3) is 0.353. The van der Waals surface area contributed by atoms with Gasteiger partial charge in [-0.2, -0.15) is 0 Å². The standard InChI is InChI=1S/C17H18Cl2N4O3S/c1-21-14-13(15(25)22(2)17(21)26)23(8-10-5-3-4-6-12(10)19)16(20-14)27-9-11(24)7-18/h3-6,11,24H,7-9H2,1-2H3. The SMILES string of the molecule is Cn1c(=O)c2c(nc(SCC(O)CCl)n2Cc2ccccc2Cl)n(C)c1=O. The van der Waals surface area contributed by atoms with E-state index in [2.05, 4.69) is 4.98 Å². The van der Waals surface area contributed by atoms with Crippen LogP contribution in [0.15, 0.2) is 39.0 Å². The Labute approximate surface area is 169 Å². The van der Waals surface area contributed by atoms with Gasteiger partial charge in [-0.1, -0.05) is 41.6 Å². The first kappa shape index (κ1) is 20.0. The van der Waals surface area contributed by atoms with Crippen LogP contribution < -0.4 is 11.2 Å². The lowest BCUT2D eigenvalue weighted by Gasteiger charge is -2.11. The molecule has 0 aliphatic rings. The quantitative estimate of drug-likeness (QED) is 0.478. The van der Waals surface area contributed by atoms with E-state index in [0.717, 1.165) is 10.1 Å². The Morgan fingerprint density at radius 2 is 1.93 bits per heavy atom. The van der Waals surface area contributed by atoms with E-state index in [9.17, 15) is 14.7 Å². The monoisotopic (exact) mass is 428 g/mol. The lowest BCUT2D eigenvalue weighted by Crippen LogP contribution is -2.37. The first-order valence-electron chi connectivity index (χ1n) is 8.11. The summed E-state index contributed by atoms with van der Waals surface area (Å²) >= 11 is 13.2. The molecule has 1 aromatic carbocycles. The van der Waals surface area contributed by atoms with Gasteiger partial charge in [-0.3, -0.25) is 13.9 Å². The third kappa shape index (κ3) is 3.80. The Kier molecular flexibility index (Phi) is 6.00. The first-order valence-corrected chi connectivity index (χ1v) is 10.0. The molecule has 0 fully saturated rings. The number of hydrogen-bond acceptors (Lipinski definition) is 5. The minimum absolute atomic E-state index is 0.0952. The maximum absolute atomic E-state index is 12.8. The van der Waals surface area contributed by atoms with Crippen LogP contribution in [0.25, 0.3) is 11.2 Å². The number of alkyl halides is 1. The second-order valence-corrected chi connectivity index (χ2v) is 7.77. The maximum atomic E-state index is 12.8. The van der Waals surface area contributed by atoms with Gasteiger partial charge in [0.1, 0.15) is 0 Å². The van der Waals surface area contributed by atoms with Gasteiger partial charge < -0.3 is 9.67 Å². The summed E-state index contributed by atoms with van der Waals surface area (Å²) in [6.07, 6.45) is -0.711. The number of rotatable bonds is 6. The van der Waals surface area contributed by atoms with Crippen LogP contribution in [0.4, 0.5) is 0 Å². The lowest BCUT2D eigenvalue weighted by atomic mass is 10.2. The molecule has 1 unspecified atom stereocenters. The van der Waals surface area contributed by atoms with Gasteiger partial charge in [0.05, 0.1) is 12.6 Å². The molecule has 0 saturated heterocycles. The van der Waals surface area contributed by atoms with Crippen molar-refractivity contribution in [2.75, 3.05) is 11.6 Å². The largest absolute Gasteiger partial charge is 0.391 e. The van der Waals surface area contributed by atoms with Crippen LogP contribution >= 0.6 is 35.0 Å². The van der Waals surface area contributed by atoms with Crippen molar-refractivity contribution in [1.82, 2.24) is 18.7 Å². The number of aromatic nitrogens is 4. The molecule has 1 atom stereocenters. The number of nitrogens with zero attached hydrogens (tertiary/aromatic N) is 4. The topological polar surface area (TPSA) is 82.1 Å². The van der Waals surface area contributed by atoms with Crippen LogP contribution in [0.1, 0.15) is 5.56 Å². The molecule has 2 heterocycles. The van der Waals surface area contributed by atoms with E-state index in [0.29, 0.717) is 28.0 Å². The van der Waals surface area contributed by atoms with Gasteiger partial charge in [0.15, 0.2) is 16.3 Å². The normalized spacial score (nSPS) is 12.6. The molecule has 7 nitrogen and oxygen atoms in total. The zero-order chi connectivity index (χ0) is 19.7. The molecule has 0 amide bonds. The van der Waals surface area contributed by atoms with Gasteiger partial charge in [-0.25, -0.2) is 9.78 Å². The number of benzene rings is 1. The predicted molar refractivity (Wildman–Crippen MR) is 108 cm³/mol. The molecule has 10 heteroatoms. The van der Waals surface area contributed by atoms with Crippen LogP contribution in [0.5, 0.6) is 0 Å². The number of hydrogen-bond donors (Lipinski definition) is 1. The molecule has 0 bridgehead atoms. The summed E-state index contributed by atoms with van der Waals surface area (Å²) in [7, 11) is 3.00. The van der Waals surface area contributed by atoms with E-state index in [1.807, 2.05) is 18.2 Å². The number of thioether (sulfide) groups is 1. The third-order valence-electron chi connectivity index (χ3n) is 4.18. The van der Waals surface area contributed by atoms with E-state index in [4.69, 9.17) is 23.2 Å². The molecular formula is C17H18Cl2N4O3S. The number of aliphatic hydroxyl groups is 1. The van der Waals surface area contributed by atoms with Gasteiger partial charge in [-0.15, -0.1) is 11.6 Å². The molecule has 0 aliphatic carbocycles. The van der Waals surface area contributed by atoms with Crippen LogP contribution in [-0.2, 0) is 20.6 Å². The summed E-state index contributed by atoms with van der Waals surface area (Å²) in [5.41, 5.74) is 0.527. The third-order valence-corrected chi connectivity index (χ3v) is 6.03. The zero-order valence-electron chi connectivity index (χ0n) is 14.7. The molecule has 144 valence electrons. The average Bonchev–Trinajstić information content (AvgIpc) is 3.03. The van der Waals surface area contributed by atoms with Gasteiger partial charge >= 0.3 is 5.69 Å². The Hall–Kier alpha value is -1.74. The highest BCUT2D eigenvalue weighted by molar-refractivity contribution is 7.99. The van der Waals surface area contributed by atoms with E-state index < -0.39 is 17.4 Å². The molecule has 2 aromatic heterocycles. The molecule has 27 heavy (non-hydrogen) atoms. The van der Waals surface area contributed by atoms with Gasteiger partial charge in [0, 0.05) is 30.8 Å². The van der Waals surface area contributed by atoms with E-state index in [1.165, 1.54) is 23.4 Å². The molecule has 3 rings (SSSR count). The Morgan fingerprint density at radius 3 is 2.59 bits per heavy atom. The van der Waals surface area contributed by atoms with Crippen LogP contribution in [0.3, 0.4) is 0 Å². The van der Waals surface area contributed by atoms with Crippen molar-refractivity contribution in [3.63, 3.8) is 0 Å². The van der Waals surface area contributed by atoms with Crippen molar-refractivity contribution in [3.8, 4) is 0 Å². The average molecular weight is 429 g/mol. The van der Waals surface area contributed by atoms with Crippen molar-refractivity contribution in [2.45, 2.75) is 17.8 Å². The summed E-state index contributed by atoms with van der Waals surface area (Å²) < 4.78 is 4.11. The lowest BCUT2D eigenvalue weighted by molar-refractivity contribution is 0.223. The highest BCUT2D eigenvalue weighted by atomic mass is 35.5. The van der Waals surface area contributed by atoms with Gasteiger partial charge in [0.25, 0.3) is 5.56 Å². The molecule has 3 aromatic rings. The zero-order valence-corrected chi connectivity index (χ0v) is 17.1. The van der Waals surface area contributed by atoms with Crippen molar-refractivity contribution in [3.05, 3.63) is 55.7 Å². The highest BCUT2D eigenvalue weighted by Crippen LogP contribution is 2.25. The minimum atomic E-state index is -0.711. The molecular weight excluding hydrogens is 411 g/mol. The predicted octanol–water partition coefficient (Wildman–Crippen LogP) is 1.83.